The molecule has 0 amide bonds. The van der Waals surface area contributed by atoms with Crippen LogP contribution in [0.15, 0.2) is 23.4 Å². The van der Waals surface area contributed by atoms with Gasteiger partial charge in [-0.3, -0.25) is 0 Å². The molecule has 1 rings (SSSR count). The standard InChI is InChI=1S/C11H15FN2O2/c1-3-8(11(13)14-15)16-9-6-4-5-7(2)10(9)12/h4-6,8,15H,3H2,1-2H3,(H2,13,14). The van der Waals surface area contributed by atoms with Gasteiger partial charge in [-0.2, -0.15) is 0 Å². The molecular formula is C11H15FN2O2. The summed E-state index contributed by atoms with van der Waals surface area (Å²) in [5, 5.41) is 11.4. The maximum absolute atomic E-state index is 13.6. The summed E-state index contributed by atoms with van der Waals surface area (Å²) in [7, 11) is 0. The molecule has 0 aliphatic heterocycles. The molecule has 0 heterocycles. The molecule has 1 unspecified atom stereocenters. The number of hydrogen-bond acceptors (Lipinski definition) is 3. The van der Waals surface area contributed by atoms with E-state index >= 15 is 0 Å². The van der Waals surface area contributed by atoms with Gasteiger partial charge in [0.25, 0.3) is 0 Å². The predicted octanol–water partition coefficient (Wildman–Crippen LogP) is 2.04. The summed E-state index contributed by atoms with van der Waals surface area (Å²) < 4.78 is 18.9. The fourth-order valence-electron chi connectivity index (χ4n) is 1.28. The third kappa shape index (κ3) is 2.62. The molecule has 88 valence electrons. The third-order valence-corrected chi connectivity index (χ3v) is 2.24. The van der Waals surface area contributed by atoms with Gasteiger partial charge >= 0.3 is 0 Å². The summed E-state index contributed by atoms with van der Waals surface area (Å²) in [5.74, 6) is -0.381. The quantitative estimate of drug-likeness (QED) is 0.357. The minimum Gasteiger partial charge on any atom is -0.479 e. The minimum atomic E-state index is -0.624. The zero-order valence-corrected chi connectivity index (χ0v) is 9.27. The first-order valence-corrected chi connectivity index (χ1v) is 4.99. The van der Waals surface area contributed by atoms with Gasteiger partial charge in [-0.25, -0.2) is 4.39 Å². The second-order valence-corrected chi connectivity index (χ2v) is 3.43. The molecule has 1 atom stereocenters. The lowest BCUT2D eigenvalue weighted by Gasteiger charge is -2.16. The van der Waals surface area contributed by atoms with Crippen LogP contribution in [0.25, 0.3) is 0 Å². The zero-order valence-electron chi connectivity index (χ0n) is 9.27. The zero-order chi connectivity index (χ0) is 12.1. The number of halogens is 1. The molecule has 16 heavy (non-hydrogen) atoms. The van der Waals surface area contributed by atoms with Crippen LogP contribution in [0.2, 0.25) is 0 Å². The number of rotatable bonds is 4. The maximum atomic E-state index is 13.6. The Morgan fingerprint density at radius 3 is 2.88 bits per heavy atom. The van der Waals surface area contributed by atoms with Crippen molar-refractivity contribution in [1.82, 2.24) is 0 Å². The molecule has 0 saturated carbocycles. The summed E-state index contributed by atoms with van der Waals surface area (Å²) in [6, 6.07) is 4.84. The van der Waals surface area contributed by atoms with E-state index < -0.39 is 11.9 Å². The normalized spacial score (nSPS) is 13.6. The fraction of sp³-hybridized carbons (Fsp3) is 0.364. The molecule has 0 fully saturated rings. The van der Waals surface area contributed by atoms with Crippen LogP contribution in [0.3, 0.4) is 0 Å². The van der Waals surface area contributed by atoms with Crippen LogP contribution in [-0.4, -0.2) is 17.1 Å². The van der Waals surface area contributed by atoms with Crippen molar-refractivity contribution in [2.75, 3.05) is 0 Å². The highest BCUT2D eigenvalue weighted by atomic mass is 19.1. The lowest BCUT2D eigenvalue weighted by molar-refractivity contribution is 0.237. The Morgan fingerprint density at radius 1 is 1.62 bits per heavy atom. The summed E-state index contributed by atoms with van der Waals surface area (Å²) in [4.78, 5) is 0. The van der Waals surface area contributed by atoms with Gasteiger partial charge in [0.05, 0.1) is 0 Å². The van der Waals surface area contributed by atoms with E-state index in [9.17, 15) is 4.39 Å². The highest BCUT2D eigenvalue weighted by molar-refractivity contribution is 5.84. The number of aryl methyl sites for hydroxylation is 1. The number of hydrogen-bond donors (Lipinski definition) is 2. The maximum Gasteiger partial charge on any atom is 0.180 e. The smallest absolute Gasteiger partial charge is 0.180 e. The van der Waals surface area contributed by atoms with E-state index in [-0.39, 0.29) is 11.6 Å². The Bertz CT molecular complexity index is 394. The average Bonchev–Trinajstić information content (AvgIpc) is 2.30. The highest BCUT2D eigenvalue weighted by Gasteiger charge is 2.16. The first-order chi connectivity index (χ1) is 7.60. The van der Waals surface area contributed by atoms with E-state index in [1.807, 2.05) is 0 Å². The van der Waals surface area contributed by atoms with E-state index in [0.717, 1.165) is 0 Å². The van der Waals surface area contributed by atoms with Crippen molar-refractivity contribution in [3.63, 3.8) is 0 Å². The monoisotopic (exact) mass is 226 g/mol. The Kier molecular flexibility index (Phi) is 4.10. The van der Waals surface area contributed by atoms with Crippen LogP contribution < -0.4 is 10.5 Å². The van der Waals surface area contributed by atoms with Crippen molar-refractivity contribution in [1.29, 1.82) is 0 Å². The number of ether oxygens (including phenoxy) is 1. The predicted molar refractivity (Wildman–Crippen MR) is 59.3 cm³/mol. The summed E-state index contributed by atoms with van der Waals surface area (Å²) >= 11 is 0. The summed E-state index contributed by atoms with van der Waals surface area (Å²) in [5.41, 5.74) is 5.91. The molecule has 0 aromatic heterocycles. The van der Waals surface area contributed by atoms with Crippen LogP contribution in [0.1, 0.15) is 18.9 Å². The van der Waals surface area contributed by atoms with Gasteiger partial charge in [0.1, 0.15) is 0 Å². The largest absolute Gasteiger partial charge is 0.479 e. The molecule has 0 aliphatic carbocycles. The van der Waals surface area contributed by atoms with Gasteiger partial charge in [0, 0.05) is 0 Å². The second-order valence-electron chi connectivity index (χ2n) is 3.43. The van der Waals surface area contributed by atoms with Crippen molar-refractivity contribution >= 4 is 5.84 Å². The molecule has 0 aliphatic rings. The average molecular weight is 226 g/mol. The van der Waals surface area contributed by atoms with Crippen LogP contribution in [0.4, 0.5) is 4.39 Å². The number of benzene rings is 1. The Labute approximate surface area is 93.5 Å². The minimum absolute atomic E-state index is 0.0663. The molecular weight excluding hydrogens is 211 g/mol. The molecule has 4 nitrogen and oxygen atoms in total. The SMILES string of the molecule is CCC(Oc1cccc(C)c1F)/C(N)=N/O. The number of nitrogens with two attached hydrogens (primary N) is 1. The van der Waals surface area contributed by atoms with E-state index in [1.165, 1.54) is 6.07 Å². The molecule has 1 aromatic carbocycles. The van der Waals surface area contributed by atoms with Gasteiger partial charge in [-0.15, -0.1) is 0 Å². The Balaban J connectivity index is 2.90. The van der Waals surface area contributed by atoms with Crippen LogP contribution >= 0.6 is 0 Å². The van der Waals surface area contributed by atoms with Crippen molar-refractivity contribution < 1.29 is 14.3 Å². The van der Waals surface area contributed by atoms with E-state index in [1.54, 1.807) is 26.0 Å². The van der Waals surface area contributed by atoms with Gasteiger partial charge < -0.3 is 15.7 Å². The topological polar surface area (TPSA) is 67.8 Å². The van der Waals surface area contributed by atoms with E-state index in [0.29, 0.717) is 12.0 Å². The van der Waals surface area contributed by atoms with Crippen molar-refractivity contribution in [3.05, 3.63) is 29.6 Å². The van der Waals surface area contributed by atoms with Gasteiger partial charge in [0.15, 0.2) is 23.5 Å². The summed E-state index contributed by atoms with van der Waals surface area (Å²) in [6.45, 7) is 3.45. The summed E-state index contributed by atoms with van der Waals surface area (Å²) in [6.07, 6.45) is -0.134. The molecule has 0 bridgehead atoms. The number of oxime groups is 1. The first-order valence-electron chi connectivity index (χ1n) is 4.99. The van der Waals surface area contributed by atoms with E-state index in [4.69, 9.17) is 15.7 Å². The van der Waals surface area contributed by atoms with Gasteiger partial charge in [-0.05, 0) is 25.0 Å². The molecule has 0 radical (unpaired) electrons. The molecule has 0 spiro atoms. The van der Waals surface area contributed by atoms with Crippen molar-refractivity contribution in [2.24, 2.45) is 10.9 Å². The van der Waals surface area contributed by atoms with Crippen LogP contribution in [0, 0.1) is 12.7 Å². The lowest BCUT2D eigenvalue weighted by Crippen LogP contribution is -2.33. The second kappa shape index (κ2) is 5.34. The lowest BCUT2D eigenvalue weighted by atomic mass is 10.2. The molecule has 5 heteroatoms. The van der Waals surface area contributed by atoms with Crippen molar-refractivity contribution in [3.8, 4) is 5.75 Å². The third-order valence-electron chi connectivity index (χ3n) is 2.24. The van der Waals surface area contributed by atoms with Gasteiger partial charge in [0.2, 0.25) is 0 Å². The fourth-order valence-corrected chi connectivity index (χ4v) is 1.28. The Hall–Kier alpha value is -1.78. The van der Waals surface area contributed by atoms with Crippen LogP contribution in [0.5, 0.6) is 5.75 Å². The molecule has 0 saturated heterocycles. The van der Waals surface area contributed by atoms with Gasteiger partial charge in [-0.1, -0.05) is 24.2 Å². The molecule has 1 aromatic rings. The first kappa shape index (κ1) is 12.3. The number of nitrogens with zero attached hydrogens (tertiary/aromatic N) is 1. The van der Waals surface area contributed by atoms with Crippen molar-refractivity contribution in [2.45, 2.75) is 26.4 Å². The number of amidine groups is 1. The van der Waals surface area contributed by atoms with Crippen LogP contribution in [-0.2, 0) is 0 Å². The Morgan fingerprint density at radius 2 is 2.31 bits per heavy atom. The highest BCUT2D eigenvalue weighted by Crippen LogP contribution is 2.21. The van der Waals surface area contributed by atoms with E-state index in [2.05, 4.69) is 5.16 Å². The molecule has 3 N–H and O–H groups in total.